The van der Waals surface area contributed by atoms with Crippen molar-refractivity contribution in [1.29, 1.82) is 0 Å². The maximum Gasteiger partial charge on any atom is 0.338 e. The van der Waals surface area contributed by atoms with E-state index in [0.29, 0.717) is 12.4 Å². The fourth-order valence-corrected chi connectivity index (χ4v) is 3.64. The predicted octanol–water partition coefficient (Wildman–Crippen LogP) is 1.92. The lowest BCUT2D eigenvalue weighted by atomic mass is 10.2. The maximum absolute atomic E-state index is 12.5. The van der Waals surface area contributed by atoms with E-state index in [1.54, 1.807) is 4.68 Å². The van der Waals surface area contributed by atoms with E-state index in [4.69, 9.17) is 4.74 Å². The summed E-state index contributed by atoms with van der Waals surface area (Å²) in [6, 6.07) is 14.9. The fourth-order valence-electron chi connectivity index (χ4n) is 2.57. The van der Waals surface area contributed by atoms with Crippen LogP contribution >= 0.6 is 0 Å². The van der Waals surface area contributed by atoms with Crippen LogP contribution in [0.4, 0.5) is 0 Å². The number of ether oxygens (including phenoxy) is 1. The molecular formula is C19H21N5O4S. The fraction of sp³-hybridized carbons (Fsp3) is 0.263. The zero-order valence-corrected chi connectivity index (χ0v) is 16.7. The molecule has 1 aromatic heterocycles. The molecule has 1 heterocycles. The summed E-state index contributed by atoms with van der Waals surface area (Å²) >= 11 is 0. The second-order valence-corrected chi connectivity index (χ2v) is 8.00. The average Bonchev–Trinajstić information content (AvgIpc) is 3.19. The van der Waals surface area contributed by atoms with Crippen LogP contribution in [-0.4, -0.2) is 34.6 Å². The molecule has 0 fully saturated rings. The average molecular weight is 415 g/mol. The van der Waals surface area contributed by atoms with E-state index in [2.05, 4.69) is 20.2 Å². The van der Waals surface area contributed by atoms with E-state index in [1.807, 2.05) is 37.3 Å². The van der Waals surface area contributed by atoms with Gasteiger partial charge in [0.25, 0.3) is 0 Å². The smallest absolute Gasteiger partial charge is 0.338 e. The Morgan fingerprint density at radius 1 is 1.14 bits per heavy atom. The lowest BCUT2D eigenvalue weighted by Crippen LogP contribution is -2.23. The topological polar surface area (TPSA) is 116 Å². The van der Waals surface area contributed by atoms with Crippen molar-refractivity contribution >= 4 is 16.0 Å². The summed E-state index contributed by atoms with van der Waals surface area (Å²) in [5.74, 6) is -0.232. The summed E-state index contributed by atoms with van der Waals surface area (Å²) in [5, 5.41) is 11.2. The van der Waals surface area contributed by atoms with E-state index in [9.17, 15) is 13.2 Å². The highest BCUT2D eigenvalue weighted by Gasteiger charge is 2.17. The molecule has 0 spiro atoms. The largest absolute Gasteiger partial charge is 0.454 e. The van der Waals surface area contributed by atoms with Gasteiger partial charge in [0.1, 0.15) is 0 Å². The summed E-state index contributed by atoms with van der Waals surface area (Å²) in [7, 11) is -3.78. The number of benzene rings is 2. The Balaban J connectivity index is 1.66. The van der Waals surface area contributed by atoms with Crippen molar-refractivity contribution in [2.45, 2.75) is 37.9 Å². The minimum Gasteiger partial charge on any atom is -0.454 e. The van der Waals surface area contributed by atoms with Crippen molar-refractivity contribution in [3.05, 3.63) is 71.5 Å². The Morgan fingerprint density at radius 3 is 2.69 bits per heavy atom. The first-order chi connectivity index (χ1) is 14.0. The number of nitrogens with one attached hydrogen (secondary N) is 1. The zero-order chi connectivity index (χ0) is 20.7. The first-order valence-corrected chi connectivity index (χ1v) is 10.5. The van der Waals surface area contributed by atoms with Gasteiger partial charge in [-0.2, -0.15) is 0 Å². The number of carbonyl (C=O) groups is 1. The number of carbonyl (C=O) groups excluding carboxylic acids is 1. The monoisotopic (exact) mass is 415 g/mol. The second kappa shape index (κ2) is 9.39. The predicted molar refractivity (Wildman–Crippen MR) is 104 cm³/mol. The minimum absolute atomic E-state index is 0.0151. The normalized spacial score (nSPS) is 11.3. The third-order valence-electron chi connectivity index (χ3n) is 4.06. The Morgan fingerprint density at radius 2 is 1.93 bits per heavy atom. The molecule has 0 aliphatic carbocycles. The molecule has 3 aromatic rings. The summed E-state index contributed by atoms with van der Waals surface area (Å²) in [5.41, 5.74) is 0.957. The molecule has 2 aromatic carbocycles. The van der Waals surface area contributed by atoms with Crippen LogP contribution in [0, 0.1) is 0 Å². The van der Waals surface area contributed by atoms with Gasteiger partial charge < -0.3 is 4.74 Å². The van der Waals surface area contributed by atoms with Crippen molar-refractivity contribution in [2.24, 2.45) is 0 Å². The number of tetrazole rings is 1. The highest BCUT2D eigenvalue weighted by atomic mass is 32.2. The van der Waals surface area contributed by atoms with Crippen molar-refractivity contribution in [2.75, 3.05) is 0 Å². The molecule has 10 heteroatoms. The number of sulfonamides is 1. The van der Waals surface area contributed by atoms with Gasteiger partial charge in [-0.3, -0.25) is 0 Å². The van der Waals surface area contributed by atoms with Crippen molar-refractivity contribution in [1.82, 2.24) is 24.9 Å². The molecule has 0 saturated heterocycles. The molecule has 0 radical (unpaired) electrons. The minimum atomic E-state index is -3.78. The summed E-state index contributed by atoms with van der Waals surface area (Å²) < 4.78 is 34.4. The lowest BCUT2D eigenvalue weighted by Gasteiger charge is -2.09. The SMILES string of the molecule is CCCn1nnnc1COC(=O)c1cccc(S(=O)(=O)NCc2ccccc2)c1. The van der Waals surface area contributed by atoms with Crippen molar-refractivity contribution in [3.63, 3.8) is 0 Å². The molecule has 152 valence electrons. The molecule has 1 N–H and O–H groups in total. The zero-order valence-electron chi connectivity index (χ0n) is 15.9. The first kappa shape index (κ1) is 20.6. The van der Waals surface area contributed by atoms with Gasteiger partial charge >= 0.3 is 5.97 Å². The molecule has 0 aliphatic heterocycles. The highest BCUT2D eigenvalue weighted by molar-refractivity contribution is 7.89. The van der Waals surface area contributed by atoms with Crippen LogP contribution in [0.25, 0.3) is 0 Å². The van der Waals surface area contributed by atoms with E-state index in [1.165, 1.54) is 24.3 Å². The third-order valence-corrected chi connectivity index (χ3v) is 5.46. The van der Waals surface area contributed by atoms with Crippen LogP contribution < -0.4 is 4.72 Å². The number of hydrogen-bond donors (Lipinski definition) is 1. The summed E-state index contributed by atoms with van der Waals surface area (Å²) in [6.45, 7) is 2.64. The molecule has 9 nitrogen and oxygen atoms in total. The molecule has 3 rings (SSSR count). The number of nitrogens with zero attached hydrogens (tertiary/aromatic N) is 4. The Kier molecular flexibility index (Phi) is 6.68. The molecule has 29 heavy (non-hydrogen) atoms. The quantitative estimate of drug-likeness (QED) is 0.531. The van der Waals surface area contributed by atoms with Gasteiger partial charge in [-0.25, -0.2) is 22.6 Å². The molecule has 0 atom stereocenters. The van der Waals surface area contributed by atoms with Gasteiger partial charge in [0.2, 0.25) is 10.0 Å². The number of rotatable bonds is 9. The molecule has 0 amide bonds. The number of esters is 1. The Bertz CT molecular complexity index is 1070. The number of hydrogen-bond acceptors (Lipinski definition) is 7. The van der Waals surface area contributed by atoms with Crippen LogP contribution in [-0.2, 0) is 34.5 Å². The van der Waals surface area contributed by atoms with Crippen LogP contribution in [0.15, 0.2) is 59.5 Å². The Hall–Kier alpha value is -3.11. The van der Waals surface area contributed by atoms with Gasteiger partial charge in [0.05, 0.1) is 10.5 Å². The molecular weight excluding hydrogens is 394 g/mol. The highest BCUT2D eigenvalue weighted by Crippen LogP contribution is 2.14. The molecule has 0 bridgehead atoms. The van der Waals surface area contributed by atoms with E-state index in [-0.39, 0.29) is 23.6 Å². The summed E-state index contributed by atoms with van der Waals surface area (Å²) in [4.78, 5) is 12.3. The van der Waals surface area contributed by atoms with Gasteiger partial charge in [-0.05, 0) is 40.6 Å². The van der Waals surface area contributed by atoms with Gasteiger partial charge in [-0.15, -0.1) is 5.10 Å². The molecule has 0 unspecified atom stereocenters. The van der Waals surface area contributed by atoms with Crippen LogP contribution in [0.1, 0.15) is 35.1 Å². The van der Waals surface area contributed by atoms with Crippen molar-refractivity contribution in [3.8, 4) is 0 Å². The van der Waals surface area contributed by atoms with Crippen LogP contribution in [0.5, 0.6) is 0 Å². The van der Waals surface area contributed by atoms with Gasteiger partial charge in [-0.1, -0.05) is 43.3 Å². The molecule has 0 aliphatic rings. The van der Waals surface area contributed by atoms with E-state index in [0.717, 1.165) is 12.0 Å². The van der Waals surface area contributed by atoms with E-state index >= 15 is 0 Å². The van der Waals surface area contributed by atoms with Crippen molar-refractivity contribution < 1.29 is 17.9 Å². The summed E-state index contributed by atoms with van der Waals surface area (Å²) in [6.07, 6.45) is 0.835. The van der Waals surface area contributed by atoms with Crippen LogP contribution in [0.2, 0.25) is 0 Å². The Labute approximate surface area is 168 Å². The molecule has 0 saturated carbocycles. The van der Waals surface area contributed by atoms with Gasteiger partial charge in [0.15, 0.2) is 12.4 Å². The number of aryl methyl sites for hydroxylation is 1. The third kappa shape index (κ3) is 5.46. The number of aromatic nitrogens is 4. The van der Waals surface area contributed by atoms with E-state index < -0.39 is 16.0 Å². The van der Waals surface area contributed by atoms with Crippen LogP contribution in [0.3, 0.4) is 0 Å². The first-order valence-electron chi connectivity index (χ1n) is 9.05. The second-order valence-electron chi connectivity index (χ2n) is 6.23. The maximum atomic E-state index is 12.5. The standard InChI is InChI=1S/C19H21N5O4S/c1-2-11-24-18(21-22-23-24)14-28-19(25)16-9-6-10-17(12-16)29(26,27)20-13-15-7-4-3-5-8-15/h3-10,12,20H,2,11,13-14H2,1H3. The van der Waals surface area contributed by atoms with Gasteiger partial charge in [0, 0.05) is 13.1 Å². The lowest BCUT2D eigenvalue weighted by molar-refractivity contribution is 0.0456.